The van der Waals surface area contributed by atoms with Crippen molar-refractivity contribution < 1.29 is 4.74 Å². The van der Waals surface area contributed by atoms with E-state index in [0.717, 1.165) is 37.8 Å². The average Bonchev–Trinajstić information content (AvgIpc) is 2.89. The standard InChI is InChI=1S/C16H26N4O/c1-12(2)14-7-15(20-11-19-14)18-9-13-8-16(10-21-13)3-5-17-6-4-16/h7,11-13,17H,3-6,8-10H2,1-2H3,(H,18,19,20). The van der Waals surface area contributed by atoms with Gasteiger partial charge in [-0.2, -0.15) is 0 Å². The summed E-state index contributed by atoms with van der Waals surface area (Å²) in [5.74, 6) is 1.33. The van der Waals surface area contributed by atoms with Crippen molar-refractivity contribution in [1.29, 1.82) is 0 Å². The van der Waals surface area contributed by atoms with E-state index in [1.165, 1.54) is 19.3 Å². The Balaban J connectivity index is 1.53. The first-order chi connectivity index (χ1) is 10.2. The van der Waals surface area contributed by atoms with Crippen molar-refractivity contribution in [1.82, 2.24) is 15.3 Å². The molecule has 2 saturated heterocycles. The van der Waals surface area contributed by atoms with Crippen molar-refractivity contribution in [2.45, 2.75) is 45.1 Å². The van der Waals surface area contributed by atoms with Crippen LogP contribution in [-0.4, -0.2) is 42.3 Å². The van der Waals surface area contributed by atoms with Crippen molar-refractivity contribution in [3.63, 3.8) is 0 Å². The minimum atomic E-state index is 0.306. The van der Waals surface area contributed by atoms with E-state index >= 15 is 0 Å². The molecule has 1 aromatic heterocycles. The van der Waals surface area contributed by atoms with Crippen molar-refractivity contribution in [3.05, 3.63) is 18.1 Å². The maximum absolute atomic E-state index is 6.01. The van der Waals surface area contributed by atoms with Gasteiger partial charge >= 0.3 is 0 Å². The molecule has 116 valence electrons. The zero-order valence-corrected chi connectivity index (χ0v) is 13.1. The van der Waals surface area contributed by atoms with Crippen LogP contribution in [-0.2, 0) is 4.74 Å². The molecule has 0 bridgehead atoms. The fourth-order valence-corrected chi connectivity index (χ4v) is 3.34. The van der Waals surface area contributed by atoms with Crippen LogP contribution in [0.15, 0.2) is 12.4 Å². The van der Waals surface area contributed by atoms with Crippen molar-refractivity contribution in [3.8, 4) is 0 Å². The molecule has 2 aliphatic rings. The molecule has 5 heteroatoms. The predicted molar refractivity (Wildman–Crippen MR) is 83.5 cm³/mol. The Hall–Kier alpha value is -1.20. The summed E-state index contributed by atoms with van der Waals surface area (Å²) >= 11 is 0. The van der Waals surface area contributed by atoms with Gasteiger partial charge < -0.3 is 15.4 Å². The summed E-state index contributed by atoms with van der Waals surface area (Å²) in [5, 5.41) is 6.85. The quantitative estimate of drug-likeness (QED) is 0.890. The fraction of sp³-hybridized carbons (Fsp3) is 0.750. The number of nitrogens with one attached hydrogen (secondary N) is 2. The highest BCUT2D eigenvalue weighted by Crippen LogP contribution is 2.40. The first-order valence-corrected chi connectivity index (χ1v) is 8.05. The average molecular weight is 290 g/mol. The molecule has 5 nitrogen and oxygen atoms in total. The van der Waals surface area contributed by atoms with E-state index in [0.29, 0.717) is 17.4 Å². The molecular weight excluding hydrogens is 264 g/mol. The fourth-order valence-electron chi connectivity index (χ4n) is 3.34. The van der Waals surface area contributed by atoms with Crippen LogP contribution in [0.3, 0.4) is 0 Å². The Morgan fingerprint density at radius 2 is 2.19 bits per heavy atom. The highest BCUT2D eigenvalue weighted by molar-refractivity contribution is 5.35. The van der Waals surface area contributed by atoms with E-state index in [1.807, 2.05) is 6.07 Å². The number of hydrogen-bond acceptors (Lipinski definition) is 5. The second-order valence-corrected chi connectivity index (χ2v) is 6.75. The molecule has 0 aromatic carbocycles. The lowest BCUT2D eigenvalue weighted by Crippen LogP contribution is -2.37. The lowest BCUT2D eigenvalue weighted by atomic mass is 9.77. The van der Waals surface area contributed by atoms with Gasteiger partial charge in [-0.15, -0.1) is 0 Å². The molecule has 0 amide bonds. The third kappa shape index (κ3) is 3.52. The highest BCUT2D eigenvalue weighted by atomic mass is 16.5. The van der Waals surface area contributed by atoms with Gasteiger partial charge in [0.25, 0.3) is 0 Å². The van der Waals surface area contributed by atoms with Crippen LogP contribution in [0, 0.1) is 5.41 Å². The number of hydrogen-bond donors (Lipinski definition) is 2. The molecule has 21 heavy (non-hydrogen) atoms. The zero-order valence-electron chi connectivity index (χ0n) is 13.1. The van der Waals surface area contributed by atoms with Gasteiger partial charge in [0.1, 0.15) is 12.1 Å². The topological polar surface area (TPSA) is 59.1 Å². The Morgan fingerprint density at radius 1 is 1.38 bits per heavy atom. The molecule has 0 radical (unpaired) electrons. The predicted octanol–water partition coefficient (Wildman–Crippen LogP) is 2.17. The normalized spacial score (nSPS) is 24.6. The Bertz CT molecular complexity index is 471. The van der Waals surface area contributed by atoms with Crippen LogP contribution >= 0.6 is 0 Å². The van der Waals surface area contributed by atoms with E-state index in [-0.39, 0.29) is 0 Å². The molecule has 1 aromatic rings. The third-order valence-corrected chi connectivity index (χ3v) is 4.74. The summed E-state index contributed by atoms with van der Waals surface area (Å²) in [4.78, 5) is 8.60. The molecular formula is C16H26N4O. The van der Waals surface area contributed by atoms with Gasteiger partial charge in [-0.25, -0.2) is 9.97 Å². The molecule has 1 atom stereocenters. The first kappa shape index (κ1) is 14.7. The monoisotopic (exact) mass is 290 g/mol. The zero-order chi connectivity index (χ0) is 14.7. The van der Waals surface area contributed by atoms with Gasteiger partial charge in [0.05, 0.1) is 12.7 Å². The van der Waals surface area contributed by atoms with E-state index in [1.54, 1.807) is 6.33 Å². The van der Waals surface area contributed by atoms with Crippen LogP contribution in [0.4, 0.5) is 5.82 Å². The summed E-state index contributed by atoms with van der Waals surface area (Å²) in [5.41, 5.74) is 1.50. The second kappa shape index (κ2) is 6.28. The van der Waals surface area contributed by atoms with E-state index < -0.39 is 0 Å². The number of piperidine rings is 1. The number of aromatic nitrogens is 2. The van der Waals surface area contributed by atoms with Crippen molar-refractivity contribution in [2.24, 2.45) is 5.41 Å². The Labute approximate surface area is 126 Å². The van der Waals surface area contributed by atoms with Crippen LogP contribution in [0.1, 0.15) is 44.7 Å². The maximum atomic E-state index is 6.01. The van der Waals surface area contributed by atoms with E-state index in [9.17, 15) is 0 Å². The molecule has 0 aliphatic carbocycles. The molecule has 3 heterocycles. The lowest BCUT2D eigenvalue weighted by molar-refractivity contribution is 0.0924. The minimum absolute atomic E-state index is 0.306. The van der Waals surface area contributed by atoms with Crippen LogP contribution in [0.5, 0.6) is 0 Å². The minimum Gasteiger partial charge on any atom is -0.376 e. The lowest BCUT2D eigenvalue weighted by Gasteiger charge is -2.32. The SMILES string of the molecule is CC(C)c1cc(NCC2CC3(CCNCC3)CO2)ncn1. The highest BCUT2D eigenvalue weighted by Gasteiger charge is 2.40. The number of ether oxygens (including phenoxy) is 1. The van der Waals surface area contributed by atoms with Gasteiger partial charge in [-0.05, 0) is 43.7 Å². The molecule has 0 saturated carbocycles. The van der Waals surface area contributed by atoms with Crippen LogP contribution in [0.25, 0.3) is 0 Å². The van der Waals surface area contributed by atoms with Crippen LogP contribution < -0.4 is 10.6 Å². The second-order valence-electron chi connectivity index (χ2n) is 6.75. The summed E-state index contributed by atoms with van der Waals surface area (Å²) in [7, 11) is 0. The summed E-state index contributed by atoms with van der Waals surface area (Å²) in [6.45, 7) is 8.31. The first-order valence-electron chi connectivity index (χ1n) is 8.05. The third-order valence-electron chi connectivity index (χ3n) is 4.74. The Morgan fingerprint density at radius 3 is 2.95 bits per heavy atom. The van der Waals surface area contributed by atoms with Crippen molar-refractivity contribution >= 4 is 5.82 Å². The number of rotatable bonds is 4. The molecule has 2 N–H and O–H groups in total. The summed E-state index contributed by atoms with van der Waals surface area (Å²) < 4.78 is 6.01. The molecule has 1 spiro atoms. The van der Waals surface area contributed by atoms with Gasteiger partial charge in [0, 0.05) is 18.3 Å². The molecule has 2 aliphatic heterocycles. The summed E-state index contributed by atoms with van der Waals surface area (Å²) in [6.07, 6.45) is 5.61. The molecule has 3 rings (SSSR count). The van der Waals surface area contributed by atoms with Crippen LogP contribution in [0.2, 0.25) is 0 Å². The summed E-state index contributed by atoms with van der Waals surface area (Å²) in [6, 6.07) is 2.04. The van der Waals surface area contributed by atoms with Gasteiger partial charge in [-0.3, -0.25) is 0 Å². The molecule has 1 unspecified atom stereocenters. The smallest absolute Gasteiger partial charge is 0.129 e. The molecule has 2 fully saturated rings. The van der Waals surface area contributed by atoms with Gasteiger partial charge in [-0.1, -0.05) is 13.8 Å². The largest absolute Gasteiger partial charge is 0.376 e. The number of anilines is 1. The maximum Gasteiger partial charge on any atom is 0.129 e. The van der Waals surface area contributed by atoms with Crippen molar-refractivity contribution in [2.75, 3.05) is 31.6 Å². The Kier molecular flexibility index (Phi) is 4.40. The van der Waals surface area contributed by atoms with Gasteiger partial charge in [0.15, 0.2) is 0 Å². The number of nitrogens with zero attached hydrogens (tertiary/aromatic N) is 2. The van der Waals surface area contributed by atoms with E-state index in [4.69, 9.17) is 4.74 Å². The van der Waals surface area contributed by atoms with Gasteiger partial charge in [0.2, 0.25) is 0 Å². The van der Waals surface area contributed by atoms with E-state index in [2.05, 4.69) is 34.4 Å².